The summed E-state index contributed by atoms with van der Waals surface area (Å²) in [6, 6.07) is 12.4. The first-order valence-corrected chi connectivity index (χ1v) is 7.69. The summed E-state index contributed by atoms with van der Waals surface area (Å²) in [5, 5.41) is 2.90. The zero-order valence-corrected chi connectivity index (χ0v) is 14.6. The van der Waals surface area contributed by atoms with Crippen molar-refractivity contribution in [3.05, 3.63) is 66.2 Å². The number of halogens is 2. The number of hydrogen-bond donors (Lipinski definition) is 1. The van der Waals surface area contributed by atoms with Crippen molar-refractivity contribution < 1.29 is 30.7 Å². The van der Waals surface area contributed by atoms with E-state index in [0.29, 0.717) is 13.0 Å². The molecule has 0 atom stereocenters. The molecule has 23 heavy (non-hydrogen) atoms. The SMILES string of the molecule is O=C(CCCC[n+]1ccccc1)NCCc1ccc(F)cc1.[Br-]. The molecule has 124 valence electrons. The van der Waals surface area contributed by atoms with Crippen LogP contribution in [-0.4, -0.2) is 12.5 Å². The van der Waals surface area contributed by atoms with Crippen LogP contribution in [0.1, 0.15) is 24.8 Å². The number of aryl methyl sites for hydroxylation is 1. The Hall–Kier alpha value is -1.75. The van der Waals surface area contributed by atoms with E-state index in [-0.39, 0.29) is 28.7 Å². The summed E-state index contributed by atoms with van der Waals surface area (Å²) in [6.07, 6.45) is 7.21. The van der Waals surface area contributed by atoms with Crippen LogP contribution in [-0.2, 0) is 17.8 Å². The Labute approximate surface area is 147 Å². The predicted molar refractivity (Wildman–Crippen MR) is 83.6 cm³/mol. The van der Waals surface area contributed by atoms with Crippen molar-refractivity contribution >= 4 is 5.91 Å². The Morgan fingerprint density at radius 2 is 1.74 bits per heavy atom. The van der Waals surface area contributed by atoms with Gasteiger partial charge in [-0.3, -0.25) is 4.79 Å². The van der Waals surface area contributed by atoms with Crippen LogP contribution < -0.4 is 26.9 Å². The molecule has 1 N–H and O–H groups in total. The zero-order valence-electron chi connectivity index (χ0n) is 13.1. The molecule has 0 radical (unpaired) electrons. The van der Waals surface area contributed by atoms with Gasteiger partial charge in [-0.25, -0.2) is 8.96 Å². The number of carbonyl (C=O) groups excluding carboxylic acids is 1. The van der Waals surface area contributed by atoms with E-state index in [1.54, 1.807) is 12.1 Å². The van der Waals surface area contributed by atoms with E-state index < -0.39 is 0 Å². The van der Waals surface area contributed by atoms with Crippen LogP contribution in [0.15, 0.2) is 54.9 Å². The quantitative estimate of drug-likeness (QED) is 0.492. The highest BCUT2D eigenvalue weighted by Crippen LogP contribution is 2.03. The van der Waals surface area contributed by atoms with Crippen molar-refractivity contribution in [2.45, 2.75) is 32.2 Å². The number of aromatic nitrogens is 1. The minimum Gasteiger partial charge on any atom is -1.00 e. The first-order valence-electron chi connectivity index (χ1n) is 7.69. The van der Waals surface area contributed by atoms with E-state index in [1.165, 1.54) is 12.1 Å². The molecular weight excluding hydrogens is 359 g/mol. The van der Waals surface area contributed by atoms with Crippen molar-refractivity contribution in [3.8, 4) is 0 Å². The van der Waals surface area contributed by atoms with Crippen LogP contribution in [0.25, 0.3) is 0 Å². The Morgan fingerprint density at radius 3 is 2.43 bits per heavy atom. The minimum absolute atomic E-state index is 0. The highest BCUT2D eigenvalue weighted by Gasteiger charge is 2.03. The van der Waals surface area contributed by atoms with Crippen molar-refractivity contribution in [1.29, 1.82) is 0 Å². The van der Waals surface area contributed by atoms with E-state index in [9.17, 15) is 9.18 Å². The zero-order chi connectivity index (χ0) is 15.6. The molecule has 0 unspecified atom stereocenters. The summed E-state index contributed by atoms with van der Waals surface area (Å²) in [6.45, 7) is 1.53. The number of unbranched alkanes of at least 4 members (excludes halogenated alkanes) is 1. The summed E-state index contributed by atoms with van der Waals surface area (Å²) < 4.78 is 14.9. The number of carbonyl (C=O) groups is 1. The van der Waals surface area contributed by atoms with E-state index >= 15 is 0 Å². The highest BCUT2D eigenvalue weighted by molar-refractivity contribution is 5.75. The number of amides is 1. The molecular formula is C18H22BrFN2O. The maximum absolute atomic E-state index is 12.8. The van der Waals surface area contributed by atoms with Gasteiger partial charge < -0.3 is 22.3 Å². The van der Waals surface area contributed by atoms with Crippen molar-refractivity contribution in [3.63, 3.8) is 0 Å². The normalized spacial score (nSPS) is 9.96. The number of benzene rings is 1. The first kappa shape index (κ1) is 19.3. The smallest absolute Gasteiger partial charge is 0.220 e. The largest absolute Gasteiger partial charge is 1.00 e. The third-order valence-corrected chi connectivity index (χ3v) is 3.50. The lowest BCUT2D eigenvalue weighted by Gasteiger charge is -2.05. The predicted octanol–water partition coefficient (Wildman–Crippen LogP) is -0.354. The van der Waals surface area contributed by atoms with Gasteiger partial charge in [-0.1, -0.05) is 18.2 Å². The maximum atomic E-state index is 12.8. The Bertz CT molecular complexity index is 575. The molecule has 0 fully saturated rings. The van der Waals surface area contributed by atoms with Gasteiger partial charge in [0.15, 0.2) is 12.4 Å². The number of rotatable bonds is 8. The summed E-state index contributed by atoms with van der Waals surface area (Å²) in [7, 11) is 0. The van der Waals surface area contributed by atoms with E-state index in [4.69, 9.17) is 0 Å². The average molecular weight is 381 g/mol. The monoisotopic (exact) mass is 380 g/mol. The second-order valence-electron chi connectivity index (χ2n) is 5.30. The third-order valence-electron chi connectivity index (χ3n) is 3.50. The molecule has 2 aromatic rings. The average Bonchev–Trinajstić information content (AvgIpc) is 2.54. The molecule has 3 nitrogen and oxygen atoms in total. The first-order chi connectivity index (χ1) is 10.7. The van der Waals surface area contributed by atoms with Gasteiger partial charge in [0.2, 0.25) is 5.91 Å². The summed E-state index contributed by atoms with van der Waals surface area (Å²) in [5.41, 5.74) is 1.03. The fraction of sp³-hybridized carbons (Fsp3) is 0.333. The van der Waals surface area contributed by atoms with E-state index in [0.717, 1.165) is 31.4 Å². The number of hydrogen-bond acceptors (Lipinski definition) is 1. The van der Waals surface area contributed by atoms with Crippen LogP contribution >= 0.6 is 0 Å². The molecule has 2 rings (SSSR count). The molecule has 0 aliphatic rings. The molecule has 0 spiro atoms. The second-order valence-corrected chi connectivity index (χ2v) is 5.30. The Balaban J connectivity index is 0.00000264. The highest BCUT2D eigenvalue weighted by atomic mass is 79.9. The molecule has 0 saturated carbocycles. The molecule has 0 bridgehead atoms. The van der Waals surface area contributed by atoms with E-state index in [2.05, 4.69) is 9.88 Å². The lowest BCUT2D eigenvalue weighted by atomic mass is 10.1. The van der Waals surface area contributed by atoms with Crippen LogP contribution in [0.3, 0.4) is 0 Å². The summed E-state index contributed by atoms with van der Waals surface area (Å²) in [4.78, 5) is 11.7. The fourth-order valence-electron chi connectivity index (χ4n) is 2.25. The fourth-order valence-corrected chi connectivity index (χ4v) is 2.25. The molecule has 1 aromatic heterocycles. The van der Waals surface area contributed by atoms with Gasteiger partial charge in [0.1, 0.15) is 12.4 Å². The lowest BCUT2D eigenvalue weighted by molar-refractivity contribution is -0.697. The Morgan fingerprint density at radius 1 is 1.04 bits per heavy atom. The van der Waals surface area contributed by atoms with Gasteiger partial charge in [0, 0.05) is 31.5 Å². The lowest BCUT2D eigenvalue weighted by Crippen LogP contribution is -3.00. The maximum Gasteiger partial charge on any atom is 0.220 e. The number of nitrogens with zero attached hydrogens (tertiary/aromatic N) is 1. The second kappa shape index (κ2) is 10.9. The molecule has 0 aliphatic carbocycles. The van der Waals surface area contributed by atoms with Crippen molar-refractivity contribution in [2.24, 2.45) is 0 Å². The van der Waals surface area contributed by atoms with Crippen molar-refractivity contribution in [2.75, 3.05) is 6.54 Å². The van der Waals surface area contributed by atoms with E-state index in [1.807, 2.05) is 30.6 Å². The summed E-state index contributed by atoms with van der Waals surface area (Å²) >= 11 is 0. The van der Waals surface area contributed by atoms with Crippen molar-refractivity contribution in [1.82, 2.24) is 5.32 Å². The van der Waals surface area contributed by atoms with Crippen LogP contribution in [0.5, 0.6) is 0 Å². The Kier molecular flexibility index (Phi) is 9.14. The molecule has 1 amide bonds. The molecule has 1 heterocycles. The third kappa shape index (κ3) is 7.88. The standard InChI is InChI=1S/C18H21FN2O.BrH/c19-17-9-7-16(8-10-17)11-12-20-18(22)6-2-5-15-21-13-3-1-4-14-21;/h1,3-4,7-10,13-14H,2,5-6,11-12,15H2;1H. The molecule has 0 aliphatic heterocycles. The molecule has 1 aromatic carbocycles. The van der Waals surface area contributed by atoms with Gasteiger partial charge in [0.05, 0.1) is 0 Å². The number of pyridine rings is 1. The van der Waals surface area contributed by atoms with Gasteiger partial charge in [-0.05, 0) is 30.5 Å². The van der Waals surface area contributed by atoms with Gasteiger partial charge >= 0.3 is 0 Å². The number of nitrogens with one attached hydrogen (secondary N) is 1. The van der Waals surface area contributed by atoms with Gasteiger partial charge in [0.25, 0.3) is 0 Å². The van der Waals surface area contributed by atoms with Crippen LogP contribution in [0.4, 0.5) is 4.39 Å². The summed E-state index contributed by atoms with van der Waals surface area (Å²) in [5.74, 6) is -0.149. The minimum atomic E-state index is -0.232. The van der Waals surface area contributed by atoms with Crippen LogP contribution in [0.2, 0.25) is 0 Å². The van der Waals surface area contributed by atoms with Gasteiger partial charge in [-0.15, -0.1) is 0 Å². The topological polar surface area (TPSA) is 33.0 Å². The molecule has 0 saturated heterocycles. The molecule has 5 heteroatoms. The van der Waals surface area contributed by atoms with Crippen LogP contribution in [0, 0.1) is 5.82 Å². The van der Waals surface area contributed by atoms with Gasteiger partial charge in [-0.2, -0.15) is 0 Å².